The van der Waals surface area contributed by atoms with Crippen LogP contribution in [0.5, 0.6) is 5.75 Å². The molecule has 0 radical (unpaired) electrons. The number of Topliss-reactive ketones (excluding diaryl/α,β-unsaturated/α-hetero) is 1. The third-order valence-electron chi connectivity index (χ3n) is 6.59. The summed E-state index contributed by atoms with van der Waals surface area (Å²) >= 11 is 0. The fourth-order valence-corrected chi connectivity index (χ4v) is 4.69. The largest absolute Gasteiger partial charge is 0.507 e. The first-order valence-corrected chi connectivity index (χ1v) is 11.5. The maximum absolute atomic E-state index is 13.2. The Hall–Kier alpha value is -4.32. The van der Waals surface area contributed by atoms with Crippen molar-refractivity contribution >= 4 is 28.4 Å². The van der Waals surface area contributed by atoms with Crippen LogP contribution in [-0.4, -0.2) is 40.3 Å². The minimum absolute atomic E-state index is 0.1000. The van der Waals surface area contributed by atoms with Crippen molar-refractivity contribution in [1.29, 1.82) is 0 Å². The summed E-state index contributed by atoms with van der Waals surface area (Å²) in [6, 6.07) is 21.8. The van der Waals surface area contributed by atoms with E-state index >= 15 is 0 Å². The van der Waals surface area contributed by atoms with Gasteiger partial charge >= 0.3 is 0 Å². The number of carbonyl (C=O) groups is 2. The van der Waals surface area contributed by atoms with E-state index in [4.69, 9.17) is 4.74 Å². The van der Waals surface area contributed by atoms with Crippen molar-refractivity contribution in [1.82, 2.24) is 9.88 Å². The molecule has 2 N–H and O–H groups in total. The number of rotatable bonds is 6. The van der Waals surface area contributed by atoms with Gasteiger partial charge in [-0.3, -0.25) is 9.59 Å². The van der Waals surface area contributed by atoms with Gasteiger partial charge in [0.25, 0.3) is 11.7 Å². The Balaban J connectivity index is 1.56. The van der Waals surface area contributed by atoms with Gasteiger partial charge in [-0.15, -0.1) is 0 Å². The molecule has 1 atom stereocenters. The number of nitrogens with one attached hydrogen (secondary N) is 1. The number of aromatic amines is 1. The minimum atomic E-state index is -0.701. The molecular weight excluding hydrogens is 440 g/mol. The Morgan fingerprint density at radius 1 is 1.00 bits per heavy atom. The molecule has 4 aromatic rings. The fraction of sp³-hybridized carbons (Fsp3) is 0.172. The SMILES string of the molecule is COc1ccc(C2/C(=C(\O)c3ccc(C)cc3)C(=O)C(=O)N2CCc2c[nH]c3ccccc23)cc1. The van der Waals surface area contributed by atoms with E-state index < -0.39 is 17.7 Å². The zero-order valence-electron chi connectivity index (χ0n) is 19.6. The molecule has 1 aliphatic heterocycles. The molecule has 2 heterocycles. The van der Waals surface area contributed by atoms with Crippen LogP contribution in [0.4, 0.5) is 0 Å². The molecule has 1 unspecified atom stereocenters. The fourth-order valence-electron chi connectivity index (χ4n) is 4.69. The van der Waals surface area contributed by atoms with Crippen molar-refractivity contribution in [3.63, 3.8) is 0 Å². The van der Waals surface area contributed by atoms with Crippen molar-refractivity contribution in [2.75, 3.05) is 13.7 Å². The van der Waals surface area contributed by atoms with E-state index in [1.54, 1.807) is 36.3 Å². The lowest BCUT2D eigenvalue weighted by atomic mass is 9.95. The van der Waals surface area contributed by atoms with E-state index in [1.807, 2.05) is 61.7 Å². The number of ether oxygens (including phenoxy) is 1. The lowest BCUT2D eigenvalue weighted by Gasteiger charge is -2.25. The molecule has 1 saturated heterocycles. The highest BCUT2D eigenvalue weighted by atomic mass is 16.5. The smallest absolute Gasteiger partial charge is 0.295 e. The van der Waals surface area contributed by atoms with Crippen molar-refractivity contribution in [2.45, 2.75) is 19.4 Å². The van der Waals surface area contributed by atoms with Gasteiger partial charge in [-0.25, -0.2) is 0 Å². The van der Waals surface area contributed by atoms with Crippen LogP contribution in [0.1, 0.15) is 28.3 Å². The zero-order valence-corrected chi connectivity index (χ0v) is 19.6. The van der Waals surface area contributed by atoms with Crippen molar-refractivity contribution in [3.8, 4) is 5.75 Å². The highest BCUT2D eigenvalue weighted by molar-refractivity contribution is 6.46. The molecule has 1 aromatic heterocycles. The average Bonchev–Trinajstić information content (AvgIpc) is 3.41. The summed E-state index contributed by atoms with van der Waals surface area (Å²) in [7, 11) is 1.58. The number of benzene rings is 3. The van der Waals surface area contributed by atoms with Crippen molar-refractivity contribution in [2.24, 2.45) is 0 Å². The van der Waals surface area contributed by atoms with E-state index in [0.29, 0.717) is 24.3 Å². The normalized spacial score (nSPS) is 17.3. The predicted octanol–water partition coefficient (Wildman–Crippen LogP) is 5.15. The topological polar surface area (TPSA) is 82.6 Å². The summed E-state index contributed by atoms with van der Waals surface area (Å²) in [5, 5.41) is 12.3. The van der Waals surface area contributed by atoms with Gasteiger partial charge in [0.15, 0.2) is 0 Å². The molecule has 0 saturated carbocycles. The van der Waals surface area contributed by atoms with Gasteiger partial charge in [0, 0.05) is 29.2 Å². The summed E-state index contributed by atoms with van der Waals surface area (Å²) in [5.74, 6) is -0.788. The maximum atomic E-state index is 13.2. The number of fused-ring (bicyclic) bond motifs is 1. The Morgan fingerprint density at radius 2 is 1.71 bits per heavy atom. The van der Waals surface area contributed by atoms with Crippen LogP contribution >= 0.6 is 0 Å². The number of hydrogen-bond acceptors (Lipinski definition) is 4. The van der Waals surface area contributed by atoms with Gasteiger partial charge in [0.05, 0.1) is 18.7 Å². The number of likely N-dealkylation sites (tertiary alicyclic amines) is 1. The summed E-state index contributed by atoms with van der Waals surface area (Å²) < 4.78 is 5.28. The number of amides is 1. The molecule has 6 heteroatoms. The van der Waals surface area contributed by atoms with E-state index in [0.717, 1.165) is 27.6 Å². The second-order valence-corrected chi connectivity index (χ2v) is 8.74. The first-order chi connectivity index (χ1) is 17.0. The molecule has 0 spiro atoms. The Kier molecular flexibility index (Phi) is 5.87. The van der Waals surface area contributed by atoms with Gasteiger partial charge in [-0.1, -0.05) is 60.2 Å². The van der Waals surface area contributed by atoms with Crippen LogP contribution in [0.3, 0.4) is 0 Å². The molecule has 5 rings (SSSR count). The predicted molar refractivity (Wildman–Crippen MR) is 135 cm³/mol. The number of ketones is 1. The Labute approximate surface area is 203 Å². The van der Waals surface area contributed by atoms with Crippen LogP contribution in [0.15, 0.2) is 84.6 Å². The number of aliphatic hydroxyl groups is 1. The van der Waals surface area contributed by atoms with Crippen LogP contribution in [0, 0.1) is 6.92 Å². The molecule has 3 aromatic carbocycles. The lowest BCUT2D eigenvalue weighted by Crippen LogP contribution is -2.31. The van der Waals surface area contributed by atoms with Crippen LogP contribution in [-0.2, 0) is 16.0 Å². The van der Waals surface area contributed by atoms with Crippen LogP contribution in [0.25, 0.3) is 16.7 Å². The molecule has 1 amide bonds. The summed E-state index contributed by atoms with van der Waals surface area (Å²) in [6.07, 6.45) is 2.50. The number of H-pyrrole nitrogens is 1. The number of aromatic nitrogens is 1. The van der Waals surface area contributed by atoms with Crippen LogP contribution < -0.4 is 4.74 Å². The van der Waals surface area contributed by atoms with Gasteiger partial charge in [0.1, 0.15) is 11.5 Å². The number of para-hydroxylation sites is 1. The summed E-state index contributed by atoms with van der Waals surface area (Å²) in [6.45, 7) is 2.28. The third-order valence-corrected chi connectivity index (χ3v) is 6.59. The number of aliphatic hydroxyl groups excluding tert-OH is 1. The van der Waals surface area contributed by atoms with E-state index in [-0.39, 0.29) is 11.3 Å². The van der Waals surface area contributed by atoms with Crippen LogP contribution in [0.2, 0.25) is 0 Å². The standard InChI is InChI=1S/C29H26N2O4/c1-18-7-9-20(10-8-18)27(32)25-26(19-11-13-22(35-2)14-12-19)31(29(34)28(25)33)16-15-21-17-30-24-6-4-3-5-23(21)24/h3-14,17,26,30,32H,15-16H2,1-2H3/b27-25+. The highest BCUT2D eigenvalue weighted by Crippen LogP contribution is 2.40. The van der Waals surface area contributed by atoms with Gasteiger partial charge in [-0.05, 0) is 42.7 Å². The monoisotopic (exact) mass is 466 g/mol. The first-order valence-electron chi connectivity index (χ1n) is 11.5. The molecule has 176 valence electrons. The molecule has 1 fully saturated rings. The maximum Gasteiger partial charge on any atom is 0.295 e. The quantitative estimate of drug-likeness (QED) is 0.234. The molecule has 35 heavy (non-hydrogen) atoms. The second-order valence-electron chi connectivity index (χ2n) is 8.74. The van der Waals surface area contributed by atoms with Gasteiger partial charge < -0.3 is 19.7 Å². The van der Waals surface area contributed by atoms with E-state index in [1.165, 1.54) is 0 Å². The lowest BCUT2D eigenvalue weighted by molar-refractivity contribution is -0.139. The number of aryl methyl sites for hydroxylation is 1. The first kappa shape index (κ1) is 22.5. The zero-order chi connectivity index (χ0) is 24.5. The average molecular weight is 467 g/mol. The minimum Gasteiger partial charge on any atom is -0.507 e. The number of methoxy groups -OCH3 is 1. The number of carbonyl (C=O) groups excluding carboxylic acids is 2. The van der Waals surface area contributed by atoms with Gasteiger partial charge in [-0.2, -0.15) is 0 Å². The van der Waals surface area contributed by atoms with E-state index in [2.05, 4.69) is 4.98 Å². The second kappa shape index (κ2) is 9.14. The van der Waals surface area contributed by atoms with Crippen molar-refractivity contribution < 1.29 is 19.4 Å². The Morgan fingerprint density at radius 3 is 2.43 bits per heavy atom. The number of nitrogens with zero attached hydrogens (tertiary/aromatic N) is 1. The highest BCUT2D eigenvalue weighted by Gasteiger charge is 2.45. The molecule has 0 bridgehead atoms. The third kappa shape index (κ3) is 4.08. The Bertz CT molecular complexity index is 1430. The van der Waals surface area contributed by atoms with Gasteiger partial charge in [0.2, 0.25) is 0 Å². The molecular formula is C29H26N2O4. The molecule has 6 nitrogen and oxygen atoms in total. The van der Waals surface area contributed by atoms with Crippen molar-refractivity contribution in [3.05, 3.63) is 107 Å². The molecule has 0 aliphatic carbocycles. The summed E-state index contributed by atoms with van der Waals surface area (Å²) in [5.41, 5.74) is 4.46. The summed E-state index contributed by atoms with van der Waals surface area (Å²) in [4.78, 5) is 31.3. The molecule has 1 aliphatic rings. The number of hydrogen-bond donors (Lipinski definition) is 2. The van der Waals surface area contributed by atoms with E-state index in [9.17, 15) is 14.7 Å².